The zero-order valence-corrected chi connectivity index (χ0v) is 23.2. The van der Waals surface area contributed by atoms with Crippen molar-refractivity contribution in [2.45, 2.75) is 58.5 Å². The van der Waals surface area contributed by atoms with Gasteiger partial charge in [0.1, 0.15) is 5.78 Å². The van der Waals surface area contributed by atoms with Crippen LogP contribution in [0.3, 0.4) is 0 Å². The van der Waals surface area contributed by atoms with Crippen LogP contribution in [0.15, 0.2) is 30.3 Å². The fraction of sp³-hybridized carbons (Fsp3) is 0.448. The summed E-state index contributed by atoms with van der Waals surface area (Å²) in [7, 11) is 1.71. The van der Waals surface area contributed by atoms with E-state index in [2.05, 4.69) is 0 Å². The number of hydrogen-bond acceptors (Lipinski definition) is 2. The molecule has 1 fully saturated rings. The zero-order chi connectivity index (χ0) is 27.8. The van der Waals surface area contributed by atoms with Gasteiger partial charge in [0.2, 0.25) is 0 Å². The first kappa shape index (κ1) is 28.5. The molecular formula is C29H31Cl2F3N2O2. The van der Waals surface area contributed by atoms with Gasteiger partial charge in [0.15, 0.2) is 0 Å². The predicted molar refractivity (Wildman–Crippen MR) is 145 cm³/mol. The lowest BCUT2D eigenvalue weighted by molar-refractivity contribution is -0.137. The monoisotopic (exact) mass is 566 g/mol. The number of likely N-dealkylation sites (tertiary alicyclic amines) is 1. The van der Waals surface area contributed by atoms with Crippen molar-refractivity contribution in [3.05, 3.63) is 68.3 Å². The van der Waals surface area contributed by atoms with Gasteiger partial charge in [-0.3, -0.25) is 9.59 Å². The minimum absolute atomic E-state index is 0.168. The van der Waals surface area contributed by atoms with E-state index in [9.17, 15) is 22.8 Å². The minimum Gasteiger partial charge on any atom is -0.347 e. The Bertz CT molecular complexity index is 1370. The standard InChI is InChI=1S/C29H31Cl2F3N2O2/c1-4-21(37)6-5-18-9-11-36(12-10-18)28(38)22-7-8-25(30)24(27(22)31)16-20-15-23-17(2)13-19(29(32,33)34)14-26(23)35(20)3/h7-8,13-15,18H,4-6,9-12,16H2,1-3H3. The molecule has 2 heterocycles. The molecule has 38 heavy (non-hydrogen) atoms. The van der Waals surface area contributed by atoms with Crippen molar-refractivity contribution in [1.82, 2.24) is 9.47 Å². The van der Waals surface area contributed by atoms with Crippen molar-refractivity contribution in [1.29, 1.82) is 0 Å². The molecule has 0 N–H and O–H groups in total. The average Bonchev–Trinajstić information content (AvgIpc) is 3.20. The van der Waals surface area contributed by atoms with Gasteiger partial charge < -0.3 is 9.47 Å². The van der Waals surface area contributed by atoms with Crippen LogP contribution in [0.2, 0.25) is 10.0 Å². The van der Waals surface area contributed by atoms with Gasteiger partial charge >= 0.3 is 6.18 Å². The largest absolute Gasteiger partial charge is 0.416 e. The molecule has 1 saturated heterocycles. The first-order chi connectivity index (χ1) is 17.9. The lowest BCUT2D eigenvalue weighted by Gasteiger charge is -2.32. The summed E-state index contributed by atoms with van der Waals surface area (Å²) in [5.41, 5.74) is 1.96. The van der Waals surface area contributed by atoms with Crippen LogP contribution in [-0.2, 0) is 24.4 Å². The smallest absolute Gasteiger partial charge is 0.347 e. The van der Waals surface area contributed by atoms with Gasteiger partial charge in [-0.1, -0.05) is 30.1 Å². The number of carbonyl (C=O) groups is 2. The van der Waals surface area contributed by atoms with E-state index < -0.39 is 11.7 Å². The highest BCUT2D eigenvalue weighted by molar-refractivity contribution is 6.38. The van der Waals surface area contributed by atoms with Gasteiger partial charge in [0, 0.05) is 61.0 Å². The second-order valence-electron chi connectivity index (χ2n) is 10.1. The molecule has 1 aliphatic rings. The van der Waals surface area contributed by atoms with E-state index in [1.54, 1.807) is 35.6 Å². The topological polar surface area (TPSA) is 42.3 Å². The molecule has 0 bridgehead atoms. The van der Waals surface area contributed by atoms with Crippen molar-refractivity contribution in [3.63, 3.8) is 0 Å². The molecule has 9 heteroatoms. The highest BCUT2D eigenvalue weighted by Gasteiger charge is 2.32. The van der Waals surface area contributed by atoms with Crippen LogP contribution < -0.4 is 0 Å². The number of halogens is 5. The van der Waals surface area contributed by atoms with Gasteiger partial charge in [-0.25, -0.2) is 0 Å². The maximum absolute atomic E-state index is 13.4. The molecular weight excluding hydrogens is 536 g/mol. The van der Waals surface area contributed by atoms with E-state index in [1.807, 2.05) is 13.0 Å². The van der Waals surface area contributed by atoms with E-state index in [1.165, 1.54) is 0 Å². The molecule has 0 radical (unpaired) electrons. The Balaban J connectivity index is 1.55. The molecule has 2 aromatic carbocycles. The first-order valence-corrected chi connectivity index (χ1v) is 13.6. The van der Waals surface area contributed by atoms with Crippen molar-refractivity contribution in [3.8, 4) is 0 Å². The number of nitrogens with zero attached hydrogens (tertiary/aromatic N) is 2. The predicted octanol–water partition coefficient (Wildman–Crippen LogP) is 8.01. The SMILES string of the molecule is CCC(=O)CCC1CCN(C(=O)c2ccc(Cl)c(Cc3cc4c(C)cc(C(F)(F)F)cc4n3C)c2Cl)CC1. The second-order valence-corrected chi connectivity index (χ2v) is 10.9. The summed E-state index contributed by atoms with van der Waals surface area (Å²) < 4.78 is 41.8. The molecule has 1 amide bonds. The summed E-state index contributed by atoms with van der Waals surface area (Å²) in [5, 5.41) is 1.37. The third-order valence-corrected chi connectivity index (χ3v) is 8.48. The van der Waals surface area contributed by atoms with Crippen molar-refractivity contribution in [2.24, 2.45) is 13.0 Å². The number of aryl methyl sites for hydroxylation is 2. The maximum atomic E-state index is 13.4. The van der Waals surface area contributed by atoms with Crippen LogP contribution in [0.4, 0.5) is 13.2 Å². The fourth-order valence-corrected chi connectivity index (χ4v) is 5.82. The number of fused-ring (bicyclic) bond motifs is 1. The van der Waals surface area contributed by atoms with Crippen LogP contribution in [0.25, 0.3) is 10.9 Å². The Hall–Kier alpha value is -2.51. The van der Waals surface area contributed by atoms with Crippen LogP contribution in [0.1, 0.15) is 71.8 Å². The molecule has 0 unspecified atom stereocenters. The van der Waals surface area contributed by atoms with Crippen LogP contribution in [-0.4, -0.2) is 34.2 Å². The molecule has 0 aliphatic carbocycles. The number of aromatic nitrogens is 1. The molecule has 4 nitrogen and oxygen atoms in total. The Kier molecular flexibility index (Phi) is 8.48. The zero-order valence-electron chi connectivity index (χ0n) is 21.7. The van der Waals surface area contributed by atoms with E-state index >= 15 is 0 Å². The highest BCUT2D eigenvalue weighted by atomic mass is 35.5. The lowest BCUT2D eigenvalue weighted by atomic mass is 9.90. The third-order valence-electron chi connectivity index (χ3n) is 7.70. The van der Waals surface area contributed by atoms with Crippen LogP contribution >= 0.6 is 23.2 Å². The summed E-state index contributed by atoms with van der Waals surface area (Å²) in [6.07, 6.45) is -0.486. The quantitative estimate of drug-likeness (QED) is 0.290. The highest BCUT2D eigenvalue weighted by Crippen LogP contribution is 2.36. The first-order valence-electron chi connectivity index (χ1n) is 12.8. The number of piperidine rings is 1. The average molecular weight is 567 g/mol. The van der Waals surface area contributed by atoms with Gasteiger partial charge in [0.05, 0.1) is 16.1 Å². The number of ketones is 1. The fourth-order valence-electron chi connectivity index (χ4n) is 5.24. The number of amides is 1. The molecule has 0 saturated carbocycles. The van der Waals surface area contributed by atoms with E-state index in [0.29, 0.717) is 59.1 Å². The molecule has 1 aromatic heterocycles. The van der Waals surface area contributed by atoms with E-state index in [4.69, 9.17) is 23.2 Å². The molecule has 0 spiro atoms. The van der Waals surface area contributed by atoms with Gasteiger partial charge in [-0.2, -0.15) is 13.2 Å². The van der Waals surface area contributed by atoms with Crippen molar-refractivity contribution >= 4 is 45.8 Å². The molecule has 1 aliphatic heterocycles. The number of Topliss-reactive ketones (excluding diaryl/α,β-unsaturated/α-hetero) is 1. The van der Waals surface area contributed by atoms with Crippen molar-refractivity contribution < 1.29 is 22.8 Å². The van der Waals surface area contributed by atoms with Crippen LogP contribution in [0.5, 0.6) is 0 Å². The normalized spacial score (nSPS) is 14.9. The molecule has 3 aromatic rings. The Labute approximate surface area is 230 Å². The summed E-state index contributed by atoms with van der Waals surface area (Å²) in [6.45, 7) is 4.73. The van der Waals surface area contributed by atoms with Crippen molar-refractivity contribution in [2.75, 3.05) is 13.1 Å². The van der Waals surface area contributed by atoms with Gasteiger partial charge in [-0.15, -0.1) is 0 Å². The molecule has 204 valence electrons. The van der Waals surface area contributed by atoms with E-state index in [-0.39, 0.29) is 23.1 Å². The number of hydrogen-bond donors (Lipinski definition) is 0. The summed E-state index contributed by atoms with van der Waals surface area (Å²) >= 11 is 13.3. The van der Waals surface area contributed by atoms with Gasteiger partial charge in [-0.05, 0) is 73.6 Å². The molecule has 4 rings (SSSR count). The Morgan fingerprint density at radius 2 is 1.76 bits per heavy atom. The number of benzene rings is 2. The summed E-state index contributed by atoms with van der Waals surface area (Å²) in [4.78, 5) is 26.8. The Morgan fingerprint density at radius 1 is 1.08 bits per heavy atom. The summed E-state index contributed by atoms with van der Waals surface area (Å²) in [6, 6.07) is 7.42. The van der Waals surface area contributed by atoms with Gasteiger partial charge in [0.25, 0.3) is 5.91 Å². The lowest BCUT2D eigenvalue weighted by Crippen LogP contribution is -2.38. The summed E-state index contributed by atoms with van der Waals surface area (Å²) in [5.74, 6) is 0.531. The number of alkyl halides is 3. The van der Waals surface area contributed by atoms with Crippen LogP contribution in [0, 0.1) is 12.8 Å². The Morgan fingerprint density at radius 3 is 2.39 bits per heavy atom. The maximum Gasteiger partial charge on any atom is 0.416 e. The third kappa shape index (κ3) is 5.89. The van der Waals surface area contributed by atoms with E-state index in [0.717, 1.165) is 42.5 Å². The minimum atomic E-state index is -4.44. The second kappa shape index (κ2) is 11.3. The molecule has 0 atom stereocenters. The number of carbonyl (C=O) groups excluding carboxylic acids is 2. The number of rotatable bonds is 7.